The molecule has 2 heteroatoms. The maximum Gasteiger partial charge on any atom is 0.0723 e. The van der Waals surface area contributed by atoms with E-state index in [2.05, 4.69) is 13.5 Å². The molecular formula is C10H21NO. The Morgan fingerprint density at radius 3 is 2.58 bits per heavy atom. The molecule has 0 radical (unpaired) electrons. The minimum absolute atomic E-state index is 0.160. The van der Waals surface area contributed by atoms with Gasteiger partial charge in [0.05, 0.1) is 6.10 Å². The standard InChI is InChI=1S/C10H21NO/c1-4-7-8-9(11)10(5-2)12-6-3/h4,9-10H,1,5-8,11H2,2-3H3. The molecule has 2 unspecified atom stereocenters. The van der Waals surface area contributed by atoms with Crippen molar-refractivity contribution in [3.8, 4) is 0 Å². The lowest BCUT2D eigenvalue weighted by Crippen LogP contribution is -2.36. The van der Waals surface area contributed by atoms with Gasteiger partial charge in [0.15, 0.2) is 0 Å². The van der Waals surface area contributed by atoms with Crippen LogP contribution in [0.1, 0.15) is 33.1 Å². The SMILES string of the molecule is C=CCCC(N)C(CC)OCC. The summed E-state index contributed by atoms with van der Waals surface area (Å²) in [5.41, 5.74) is 5.93. The molecule has 0 bridgehead atoms. The molecule has 2 nitrogen and oxygen atoms in total. The Balaban J connectivity index is 3.67. The lowest BCUT2D eigenvalue weighted by molar-refractivity contribution is 0.0399. The number of hydrogen-bond acceptors (Lipinski definition) is 2. The fourth-order valence-electron chi connectivity index (χ4n) is 1.25. The topological polar surface area (TPSA) is 35.2 Å². The van der Waals surface area contributed by atoms with Gasteiger partial charge in [-0.2, -0.15) is 0 Å². The molecule has 0 heterocycles. The van der Waals surface area contributed by atoms with Crippen LogP contribution in [-0.4, -0.2) is 18.8 Å². The number of allylic oxidation sites excluding steroid dienone is 1. The average molecular weight is 171 g/mol. The van der Waals surface area contributed by atoms with Crippen molar-refractivity contribution in [1.82, 2.24) is 0 Å². The van der Waals surface area contributed by atoms with Crippen LogP contribution in [0, 0.1) is 0 Å². The first kappa shape index (κ1) is 11.7. The molecule has 72 valence electrons. The van der Waals surface area contributed by atoms with Gasteiger partial charge in [0.1, 0.15) is 0 Å². The molecule has 0 amide bonds. The Hall–Kier alpha value is -0.340. The van der Waals surface area contributed by atoms with Crippen molar-refractivity contribution in [2.24, 2.45) is 5.73 Å². The predicted molar refractivity (Wildman–Crippen MR) is 53.1 cm³/mol. The minimum Gasteiger partial charge on any atom is -0.377 e. The summed E-state index contributed by atoms with van der Waals surface area (Å²) in [6.07, 6.45) is 5.06. The highest BCUT2D eigenvalue weighted by Crippen LogP contribution is 2.07. The first-order chi connectivity index (χ1) is 5.76. The van der Waals surface area contributed by atoms with Gasteiger partial charge in [0.25, 0.3) is 0 Å². The third kappa shape index (κ3) is 4.52. The molecule has 0 saturated carbocycles. The van der Waals surface area contributed by atoms with E-state index in [0.717, 1.165) is 25.9 Å². The number of ether oxygens (including phenoxy) is 1. The van der Waals surface area contributed by atoms with E-state index in [4.69, 9.17) is 10.5 Å². The van der Waals surface area contributed by atoms with Crippen LogP contribution in [0.25, 0.3) is 0 Å². The Morgan fingerprint density at radius 1 is 1.50 bits per heavy atom. The van der Waals surface area contributed by atoms with Crippen LogP contribution in [-0.2, 0) is 4.74 Å². The fourth-order valence-corrected chi connectivity index (χ4v) is 1.25. The van der Waals surface area contributed by atoms with Gasteiger partial charge in [-0.25, -0.2) is 0 Å². The van der Waals surface area contributed by atoms with Crippen molar-refractivity contribution in [3.05, 3.63) is 12.7 Å². The first-order valence-corrected chi connectivity index (χ1v) is 4.74. The zero-order valence-electron chi connectivity index (χ0n) is 8.25. The third-order valence-corrected chi connectivity index (χ3v) is 1.96. The maximum atomic E-state index is 5.93. The van der Waals surface area contributed by atoms with Crippen LogP contribution in [0.15, 0.2) is 12.7 Å². The summed E-state index contributed by atoms with van der Waals surface area (Å²) in [5, 5.41) is 0. The number of hydrogen-bond donors (Lipinski definition) is 1. The van der Waals surface area contributed by atoms with E-state index in [0.29, 0.717) is 0 Å². The maximum absolute atomic E-state index is 5.93. The Morgan fingerprint density at radius 2 is 2.17 bits per heavy atom. The van der Waals surface area contributed by atoms with E-state index >= 15 is 0 Å². The summed E-state index contributed by atoms with van der Waals surface area (Å²) in [6, 6.07) is 0.160. The highest BCUT2D eigenvalue weighted by Gasteiger charge is 2.14. The molecule has 0 aliphatic carbocycles. The molecule has 0 aliphatic heterocycles. The highest BCUT2D eigenvalue weighted by molar-refractivity contribution is 4.77. The van der Waals surface area contributed by atoms with Crippen LogP contribution in [0.3, 0.4) is 0 Å². The molecule has 2 atom stereocenters. The van der Waals surface area contributed by atoms with Crippen molar-refractivity contribution in [1.29, 1.82) is 0 Å². The second kappa shape index (κ2) is 7.32. The lowest BCUT2D eigenvalue weighted by atomic mass is 10.0. The van der Waals surface area contributed by atoms with Crippen LogP contribution in [0.4, 0.5) is 0 Å². The number of rotatable bonds is 7. The summed E-state index contributed by atoms with van der Waals surface area (Å²) >= 11 is 0. The number of nitrogens with two attached hydrogens (primary N) is 1. The Bertz CT molecular complexity index is 114. The van der Waals surface area contributed by atoms with E-state index < -0.39 is 0 Å². The minimum atomic E-state index is 0.160. The average Bonchev–Trinajstić information content (AvgIpc) is 2.10. The van der Waals surface area contributed by atoms with Gasteiger partial charge in [-0.05, 0) is 26.2 Å². The molecule has 0 aromatic carbocycles. The normalized spacial score (nSPS) is 15.6. The zero-order chi connectivity index (χ0) is 9.40. The Kier molecular flexibility index (Phi) is 7.11. The molecule has 0 spiro atoms. The van der Waals surface area contributed by atoms with E-state index in [1.165, 1.54) is 0 Å². The van der Waals surface area contributed by atoms with Gasteiger partial charge in [-0.3, -0.25) is 0 Å². The van der Waals surface area contributed by atoms with Crippen molar-refractivity contribution in [2.45, 2.75) is 45.3 Å². The molecule has 0 aromatic rings. The van der Waals surface area contributed by atoms with E-state index in [9.17, 15) is 0 Å². The molecule has 0 rings (SSSR count). The monoisotopic (exact) mass is 171 g/mol. The second-order valence-electron chi connectivity index (χ2n) is 2.93. The summed E-state index contributed by atoms with van der Waals surface area (Å²) in [4.78, 5) is 0. The molecule has 12 heavy (non-hydrogen) atoms. The molecular weight excluding hydrogens is 150 g/mol. The Labute approximate surface area is 75.8 Å². The van der Waals surface area contributed by atoms with Crippen molar-refractivity contribution < 1.29 is 4.74 Å². The fraction of sp³-hybridized carbons (Fsp3) is 0.800. The summed E-state index contributed by atoms with van der Waals surface area (Å²) in [6.45, 7) is 8.53. The van der Waals surface area contributed by atoms with Crippen LogP contribution >= 0.6 is 0 Å². The summed E-state index contributed by atoms with van der Waals surface area (Å²) in [7, 11) is 0. The van der Waals surface area contributed by atoms with Crippen molar-refractivity contribution in [3.63, 3.8) is 0 Å². The molecule has 0 aliphatic rings. The zero-order valence-corrected chi connectivity index (χ0v) is 8.25. The van der Waals surface area contributed by atoms with Crippen LogP contribution in [0.2, 0.25) is 0 Å². The largest absolute Gasteiger partial charge is 0.377 e. The van der Waals surface area contributed by atoms with Crippen LogP contribution in [0.5, 0.6) is 0 Å². The molecule has 0 saturated heterocycles. The molecule has 0 aromatic heterocycles. The van der Waals surface area contributed by atoms with Crippen molar-refractivity contribution in [2.75, 3.05) is 6.61 Å². The predicted octanol–water partition coefficient (Wildman–Crippen LogP) is 2.09. The molecule has 2 N–H and O–H groups in total. The lowest BCUT2D eigenvalue weighted by Gasteiger charge is -2.21. The quantitative estimate of drug-likeness (QED) is 0.595. The summed E-state index contributed by atoms with van der Waals surface area (Å²) < 4.78 is 5.49. The van der Waals surface area contributed by atoms with Gasteiger partial charge in [-0.15, -0.1) is 6.58 Å². The van der Waals surface area contributed by atoms with Gasteiger partial charge < -0.3 is 10.5 Å². The van der Waals surface area contributed by atoms with Crippen LogP contribution < -0.4 is 5.73 Å². The van der Waals surface area contributed by atoms with Gasteiger partial charge in [-0.1, -0.05) is 13.0 Å². The van der Waals surface area contributed by atoms with Gasteiger partial charge >= 0.3 is 0 Å². The van der Waals surface area contributed by atoms with E-state index in [1.54, 1.807) is 0 Å². The van der Waals surface area contributed by atoms with Crippen molar-refractivity contribution >= 4 is 0 Å². The van der Waals surface area contributed by atoms with E-state index in [1.807, 2.05) is 13.0 Å². The summed E-state index contributed by atoms with van der Waals surface area (Å²) in [5.74, 6) is 0. The second-order valence-corrected chi connectivity index (χ2v) is 2.93. The van der Waals surface area contributed by atoms with E-state index in [-0.39, 0.29) is 12.1 Å². The molecule has 0 fully saturated rings. The smallest absolute Gasteiger partial charge is 0.0723 e. The first-order valence-electron chi connectivity index (χ1n) is 4.74. The van der Waals surface area contributed by atoms with Gasteiger partial charge in [0, 0.05) is 12.6 Å². The van der Waals surface area contributed by atoms with Gasteiger partial charge in [0.2, 0.25) is 0 Å². The highest BCUT2D eigenvalue weighted by atomic mass is 16.5. The third-order valence-electron chi connectivity index (χ3n) is 1.96.